The summed E-state index contributed by atoms with van der Waals surface area (Å²) in [7, 11) is 0. The smallest absolute Gasteiger partial charge is 0.461 e. The first-order chi connectivity index (χ1) is 39.6. The number of carbonyl (C=O) groups is 2. The van der Waals surface area contributed by atoms with Crippen LogP contribution in [0.4, 0.5) is 9.59 Å². The molecule has 0 spiro atoms. The number of furan rings is 4. The van der Waals surface area contributed by atoms with Crippen LogP contribution in [-0.4, -0.2) is 172 Å². The quantitative estimate of drug-likeness (QED) is 0.0290. The summed E-state index contributed by atoms with van der Waals surface area (Å²) in [5.74, 6) is 6.20. The summed E-state index contributed by atoms with van der Waals surface area (Å²) in [5, 5.41) is 34.2. The van der Waals surface area contributed by atoms with Crippen molar-refractivity contribution >= 4 is 23.9 Å². The number of pyridine rings is 1. The van der Waals surface area contributed by atoms with E-state index in [1.807, 2.05) is 24.3 Å². The Bertz CT molecular complexity index is 2290. The molecule has 0 aliphatic carbocycles. The first-order valence-electron chi connectivity index (χ1n) is 26.1. The lowest BCUT2D eigenvalue weighted by Crippen LogP contribution is -2.17. The van der Waals surface area contributed by atoms with Crippen LogP contribution in [0.25, 0.3) is 0 Å². The average molecular weight is 1170 g/mol. The van der Waals surface area contributed by atoms with Gasteiger partial charge in [-0.3, -0.25) is 4.98 Å². The van der Waals surface area contributed by atoms with Crippen molar-refractivity contribution in [2.45, 2.75) is 109 Å². The molecule has 0 bridgehead atoms. The van der Waals surface area contributed by atoms with Crippen LogP contribution < -0.4 is 0 Å². The molecular weight excluding hydrogens is 1100 g/mol. The van der Waals surface area contributed by atoms with Crippen molar-refractivity contribution in [3.8, 4) is 0 Å². The predicted octanol–water partition coefficient (Wildman–Crippen LogP) is 4.56. The highest BCUT2D eigenvalue weighted by Gasteiger charge is 2.28. The van der Waals surface area contributed by atoms with Crippen LogP contribution in [0.3, 0.4) is 0 Å². The molecule has 5 aromatic rings. The van der Waals surface area contributed by atoms with Crippen LogP contribution in [-0.2, 0) is 137 Å². The van der Waals surface area contributed by atoms with Gasteiger partial charge in [0.05, 0.1) is 109 Å². The molecule has 12 heterocycles. The molecule has 0 saturated carbocycles. The Kier molecular flexibility index (Phi) is 27.6. The maximum absolute atomic E-state index is 10.7. The molecule has 12 rings (SSSR count). The van der Waals surface area contributed by atoms with Gasteiger partial charge in [-0.15, -0.1) is 11.6 Å². The number of rotatable bonds is 29. The number of aliphatic hydroxyl groups excluding tert-OH is 4. The molecule has 81 heavy (non-hydrogen) atoms. The number of hydrogen-bond acceptors (Lipinski definition) is 26. The molecule has 7 aliphatic heterocycles. The van der Waals surface area contributed by atoms with E-state index in [9.17, 15) is 9.59 Å². The third-order valence-corrected chi connectivity index (χ3v) is 11.5. The van der Waals surface area contributed by atoms with E-state index in [1.165, 1.54) is 0 Å². The first kappa shape index (κ1) is 63.1. The summed E-state index contributed by atoms with van der Waals surface area (Å²) in [6.07, 6.45) is -0.510. The molecule has 7 atom stereocenters. The lowest BCUT2D eigenvalue weighted by atomic mass is 10.3. The zero-order chi connectivity index (χ0) is 56.9. The molecule has 448 valence electrons. The van der Waals surface area contributed by atoms with Crippen molar-refractivity contribution in [1.29, 1.82) is 0 Å². The fourth-order valence-electron chi connectivity index (χ4n) is 6.48. The third-order valence-electron chi connectivity index (χ3n) is 11.1. The molecule has 7 aliphatic rings. The first-order valence-corrected chi connectivity index (χ1v) is 26.6. The lowest BCUT2D eigenvalue weighted by molar-refractivity contribution is 0.0237. The Morgan fingerprint density at radius 2 is 0.654 bits per heavy atom. The minimum Gasteiger partial charge on any atom is -0.461 e. The number of carbonyl (C=O) groups excluding carboxylic acids is 2. The number of cyclic esters (lactones) is 4. The second-order valence-electron chi connectivity index (χ2n) is 18.3. The van der Waals surface area contributed by atoms with Gasteiger partial charge in [-0.05, 0) is 60.7 Å². The van der Waals surface area contributed by atoms with E-state index in [2.05, 4.69) is 14.5 Å². The normalized spacial score (nSPS) is 22.0. The monoisotopic (exact) mass is 1170 g/mol. The maximum atomic E-state index is 10.7. The van der Waals surface area contributed by atoms with Crippen molar-refractivity contribution in [3.63, 3.8) is 0 Å². The standard InChI is InChI=1S/C14H16O9.2C12H16O5.C7H9NO2.C6H8O3.C3H5ClO/c15-13-19-7-11(22-13)5-17-3-9-1-2-10(21-9)4-18-6-12-8-20-14(16)23-12;2*1-2-10(4-14-6-12-8-16-12)17-9(1)3-13-5-11-7-15-11;9-4-6-2-1-3-7(5-10)8-6;7-3-5-1-2-6(4-8)9-5;4-1-3-2-5-3/h1-2,11-12H,3-8H2;2*1-2,11-12H,3-8H2;1-3,9-10H,4-5H2;1-2,7-8H,3-4H2;3H,1-2H2. The van der Waals surface area contributed by atoms with Crippen LogP contribution >= 0.6 is 11.6 Å². The summed E-state index contributed by atoms with van der Waals surface area (Å²) in [6, 6.07) is 19.6. The Labute approximate surface area is 471 Å². The molecule has 4 N–H and O–H groups in total. The Morgan fingerprint density at radius 3 is 0.864 bits per heavy atom. The third kappa shape index (κ3) is 27.4. The number of aliphatic hydroxyl groups is 4. The molecule has 7 unspecified atom stereocenters. The topological polar surface area (TPSA) is 335 Å². The number of aromatic nitrogens is 1. The molecule has 27 heteroatoms. The molecule has 0 radical (unpaired) electrons. The minimum absolute atomic E-state index is 0.0756. The Morgan fingerprint density at radius 1 is 0.383 bits per heavy atom. The highest BCUT2D eigenvalue weighted by atomic mass is 35.5. The van der Waals surface area contributed by atoms with Crippen LogP contribution in [0.5, 0.6) is 0 Å². The van der Waals surface area contributed by atoms with Gasteiger partial charge in [-0.25, -0.2) is 9.59 Å². The van der Waals surface area contributed by atoms with Gasteiger partial charge in [0.15, 0.2) is 12.2 Å². The van der Waals surface area contributed by atoms with Crippen molar-refractivity contribution < 1.29 is 119 Å². The van der Waals surface area contributed by atoms with Gasteiger partial charge in [0.25, 0.3) is 0 Å². The summed E-state index contributed by atoms with van der Waals surface area (Å²) >= 11 is 5.27. The highest BCUT2D eigenvalue weighted by Crippen LogP contribution is 2.18. The summed E-state index contributed by atoms with van der Waals surface area (Å²) in [4.78, 5) is 25.4. The Hall–Kier alpha value is -5.50. The lowest BCUT2D eigenvalue weighted by Gasteiger charge is -2.07. The van der Waals surface area contributed by atoms with E-state index in [0.717, 1.165) is 56.1 Å². The zero-order valence-electron chi connectivity index (χ0n) is 44.6. The number of epoxide rings is 5. The molecule has 0 aromatic carbocycles. The van der Waals surface area contributed by atoms with E-state index in [1.54, 1.807) is 42.5 Å². The van der Waals surface area contributed by atoms with Crippen LogP contribution in [0.2, 0.25) is 0 Å². The van der Waals surface area contributed by atoms with Gasteiger partial charge in [0, 0.05) is 0 Å². The summed E-state index contributed by atoms with van der Waals surface area (Å²) in [5.41, 5.74) is 1.18. The fraction of sp³-hybridized carbons (Fsp3) is 0.574. The van der Waals surface area contributed by atoms with E-state index < -0.39 is 12.3 Å². The summed E-state index contributed by atoms with van der Waals surface area (Å²) in [6.45, 7) is 9.72. The van der Waals surface area contributed by atoms with Crippen LogP contribution in [0.15, 0.2) is 84.4 Å². The van der Waals surface area contributed by atoms with E-state index in [4.69, 9.17) is 111 Å². The molecule has 7 saturated heterocycles. The second-order valence-corrected chi connectivity index (χ2v) is 18.7. The zero-order valence-corrected chi connectivity index (χ0v) is 45.3. The Balaban J connectivity index is 0.000000148. The molecule has 5 aromatic heterocycles. The highest BCUT2D eigenvalue weighted by molar-refractivity contribution is 6.18. The second kappa shape index (κ2) is 35.5. The fourth-order valence-corrected chi connectivity index (χ4v) is 6.66. The number of ether oxygens (including phenoxy) is 15. The van der Waals surface area contributed by atoms with Crippen LogP contribution in [0.1, 0.15) is 57.5 Å². The van der Waals surface area contributed by atoms with Crippen molar-refractivity contribution in [2.24, 2.45) is 0 Å². The van der Waals surface area contributed by atoms with Crippen molar-refractivity contribution in [3.05, 3.63) is 124 Å². The van der Waals surface area contributed by atoms with Gasteiger partial charge in [0.2, 0.25) is 0 Å². The predicted molar refractivity (Wildman–Crippen MR) is 273 cm³/mol. The van der Waals surface area contributed by atoms with Gasteiger partial charge >= 0.3 is 12.3 Å². The van der Waals surface area contributed by atoms with E-state index in [0.29, 0.717) is 124 Å². The van der Waals surface area contributed by atoms with Gasteiger partial charge in [0.1, 0.15) is 137 Å². The maximum Gasteiger partial charge on any atom is 0.508 e. The number of hydrogen-bond donors (Lipinski definition) is 4. The molecule has 26 nitrogen and oxygen atoms in total. The largest absolute Gasteiger partial charge is 0.508 e. The van der Waals surface area contributed by atoms with Gasteiger partial charge in [-0.2, -0.15) is 0 Å². The molecular formula is C54H70ClNO25. The number of nitrogens with zero attached hydrogens (tertiary/aromatic N) is 1. The molecule has 0 amide bonds. The number of halogens is 1. The van der Waals surface area contributed by atoms with Gasteiger partial charge in [-0.1, -0.05) is 6.07 Å². The van der Waals surface area contributed by atoms with Crippen molar-refractivity contribution in [1.82, 2.24) is 4.98 Å². The summed E-state index contributed by atoms with van der Waals surface area (Å²) < 4.78 is 97.9. The van der Waals surface area contributed by atoms with E-state index in [-0.39, 0.29) is 78.3 Å². The van der Waals surface area contributed by atoms with E-state index >= 15 is 0 Å². The SMILES string of the molecule is ClCC1CO1.O=C1OCC(COCc2ccc(COCC3COC(=O)O3)o2)O1.OCc1ccc(CO)o1.OCc1cccc(CO)n1.c1cc(COCC2CO2)oc1COCC1CO1.c1cc(COCC2CO2)oc1COCC1CO1. The van der Waals surface area contributed by atoms with Crippen LogP contribution in [0, 0.1) is 0 Å². The molecule has 7 fully saturated rings. The minimum atomic E-state index is -0.672. The van der Waals surface area contributed by atoms with Gasteiger partial charge < -0.3 is 109 Å². The number of alkyl halides is 1. The average Bonchev–Trinajstić information content (AvgIpc) is 4.30. The van der Waals surface area contributed by atoms with Crippen molar-refractivity contribution in [2.75, 3.05) is 91.8 Å².